The number of halogens is 1. The highest BCUT2D eigenvalue weighted by molar-refractivity contribution is 6.35. The van der Waals surface area contributed by atoms with E-state index < -0.39 is 0 Å². The lowest BCUT2D eigenvalue weighted by Gasteiger charge is -2.12. The van der Waals surface area contributed by atoms with Crippen LogP contribution in [0.25, 0.3) is 22.2 Å². The zero-order valence-corrected chi connectivity index (χ0v) is 16.3. The number of rotatable bonds is 3. The van der Waals surface area contributed by atoms with Gasteiger partial charge in [0.05, 0.1) is 21.8 Å². The molecule has 1 N–H and O–H groups in total. The van der Waals surface area contributed by atoms with Crippen molar-refractivity contribution in [1.29, 1.82) is 0 Å². The van der Waals surface area contributed by atoms with E-state index in [9.17, 15) is 4.79 Å². The zero-order chi connectivity index (χ0) is 19.7. The van der Waals surface area contributed by atoms with E-state index in [1.54, 1.807) is 18.3 Å². The molecule has 1 amide bonds. The van der Waals surface area contributed by atoms with Crippen LogP contribution >= 0.6 is 11.6 Å². The minimum absolute atomic E-state index is 0.249. The Labute approximate surface area is 168 Å². The number of pyridine rings is 2. The molecule has 4 aromatic rings. The first-order chi connectivity index (χ1) is 13.5. The Balaban J connectivity index is 1.86. The predicted molar refractivity (Wildman–Crippen MR) is 114 cm³/mol. The van der Waals surface area contributed by atoms with E-state index in [0.717, 1.165) is 16.7 Å². The molecule has 5 heteroatoms. The fraction of sp³-hybridized carbons (Fsp3) is 0.0870. The van der Waals surface area contributed by atoms with Crippen molar-refractivity contribution in [3.05, 3.63) is 88.6 Å². The van der Waals surface area contributed by atoms with Gasteiger partial charge in [0.1, 0.15) is 5.82 Å². The van der Waals surface area contributed by atoms with Crippen LogP contribution in [0.1, 0.15) is 21.5 Å². The van der Waals surface area contributed by atoms with Crippen molar-refractivity contribution in [2.75, 3.05) is 5.32 Å². The van der Waals surface area contributed by atoms with E-state index in [4.69, 9.17) is 16.6 Å². The van der Waals surface area contributed by atoms with Gasteiger partial charge in [-0.1, -0.05) is 54.1 Å². The van der Waals surface area contributed by atoms with E-state index in [1.807, 2.05) is 62.4 Å². The molecular formula is C23H18ClN3O. The Hall–Kier alpha value is -3.24. The van der Waals surface area contributed by atoms with Crippen molar-refractivity contribution in [2.45, 2.75) is 13.8 Å². The molecule has 0 unspecified atom stereocenters. The summed E-state index contributed by atoms with van der Waals surface area (Å²) in [5, 5.41) is 4.08. The lowest BCUT2D eigenvalue weighted by molar-refractivity contribution is 0.102. The maximum absolute atomic E-state index is 13.1. The lowest BCUT2D eigenvalue weighted by Crippen LogP contribution is -2.14. The maximum Gasteiger partial charge on any atom is 0.257 e. The first-order valence-electron chi connectivity index (χ1n) is 8.92. The van der Waals surface area contributed by atoms with Crippen LogP contribution < -0.4 is 5.32 Å². The van der Waals surface area contributed by atoms with Crippen molar-refractivity contribution in [3.63, 3.8) is 0 Å². The number of hydrogen-bond donors (Lipinski definition) is 1. The number of nitrogens with one attached hydrogen (secondary N) is 1. The summed E-state index contributed by atoms with van der Waals surface area (Å²) in [4.78, 5) is 22.1. The molecule has 0 bridgehead atoms. The minimum Gasteiger partial charge on any atom is -0.307 e. The molecule has 138 valence electrons. The number of amides is 1. The quantitative estimate of drug-likeness (QED) is 0.482. The third-order valence-corrected chi connectivity index (χ3v) is 4.91. The highest BCUT2D eigenvalue weighted by Gasteiger charge is 2.17. The summed E-state index contributed by atoms with van der Waals surface area (Å²) in [6.45, 7) is 3.97. The fourth-order valence-electron chi connectivity index (χ4n) is 3.13. The Morgan fingerprint density at radius 1 is 1.00 bits per heavy atom. The molecule has 0 saturated carbocycles. The molecule has 0 aliphatic carbocycles. The van der Waals surface area contributed by atoms with Crippen molar-refractivity contribution < 1.29 is 4.79 Å². The summed E-state index contributed by atoms with van der Waals surface area (Å²) in [5.74, 6) is 0.251. The molecule has 0 saturated heterocycles. The van der Waals surface area contributed by atoms with Crippen LogP contribution in [0.2, 0.25) is 5.02 Å². The lowest BCUT2D eigenvalue weighted by atomic mass is 10.0. The molecule has 0 aliphatic rings. The van der Waals surface area contributed by atoms with Gasteiger partial charge in [-0.15, -0.1) is 0 Å². The van der Waals surface area contributed by atoms with Crippen molar-refractivity contribution in [2.24, 2.45) is 0 Å². The normalized spacial score (nSPS) is 10.8. The van der Waals surface area contributed by atoms with Gasteiger partial charge in [0, 0.05) is 17.1 Å². The average Bonchev–Trinajstić information content (AvgIpc) is 2.70. The van der Waals surface area contributed by atoms with Gasteiger partial charge in [0.25, 0.3) is 5.91 Å². The zero-order valence-electron chi connectivity index (χ0n) is 15.5. The average molecular weight is 388 g/mol. The van der Waals surface area contributed by atoms with Crippen LogP contribution in [0.15, 0.2) is 66.9 Å². The Morgan fingerprint density at radius 3 is 2.57 bits per heavy atom. The first kappa shape index (κ1) is 18.1. The Morgan fingerprint density at radius 2 is 1.82 bits per heavy atom. The third kappa shape index (κ3) is 3.47. The van der Waals surface area contributed by atoms with Gasteiger partial charge in [0.15, 0.2) is 0 Å². The molecule has 0 spiro atoms. The number of anilines is 1. The number of nitrogens with zero attached hydrogens (tertiary/aromatic N) is 2. The summed E-state index contributed by atoms with van der Waals surface area (Å²) in [5.41, 5.74) is 4.89. The number of aromatic nitrogens is 2. The number of para-hydroxylation sites is 1. The summed E-state index contributed by atoms with van der Waals surface area (Å²) in [6.07, 6.45) is 1.72. The first-order valence-corrected chi connectivity index (χ1v) is 9.30. The van der Waals surface area contributed by atoms with Crippen LogP contribution in [0.4, 0.5) is 5.82 Å². The van der Waals surface area contributed by atoms with E-state index in [0.29, 0.717) is 33.0 Å². The summed E-state index contributed by atoms with van der Waals surface area (Å²) >= 11 is 6.40. The van der Waals surface area contributed by atoms with Crippen molar-refractivity contribution >= 4 is 34.2 Å². The van der Waals surface area contributed by atoms with Crippen LogP contribution in [-0.4, -0.2) is 15.9 Å². The molecule has 4 rings (SSSR count). The topological polar surface area (TPSA) is 54.9 Å². The molecule has 4 nitrogen and oxygen atoms in total. The van der Waals surface area contributed by atoms with Gasteiger partial charge in [-0.05, 0) is 43.2 Å². The number of hydrogen-bond acceptors (Lipinski definition) is 3. The van der Waals surface area contributed by atoms with E-state index >= 15 is 0 Å². The predicted octanol–water partition coefficient (Wildman–Crippen LogP) is 5.82. The number of carbonyl (C=O) groups is 1. The Kier molecular flexibility index (Phi) is 4.80. The minimum atomic E-state index is -0.249. The largest absolute Gasteiger partial charge is 0.307 e. The van der Waals surface area contributed by atoms with Crippen LogP contribution in [0.3, 0.4) is 0 Å². The van der Waals surface area contributed by atoms with Crippen LogP contribution in [-0.2, 0) is 0 Å². The van der Waals surface area contributed by atoms with Gasteiger partial charge in [0.2, 0.25) is 0 Å². The van der Waals surface area contributed by atoms with Gasteiger partial charge in [-0.2, -0.15) is 0 Å². The number of fused-ring (bicyclic) bond motifs is 1. The second-order valence-electron chi connectivity index (χ2n) is 6.68. The molecule has 2 aromatic carbocycles. The molecule has 28 heavy (non-hydrogen) atoms. The molecular weight excluding hydrogens is 370 g/mol. The van der Waals surface area contributed by atoms with Crippen LogP contribution in [0, 0.1) is 13.8 Å². The highest BCUT2D eigenvalue weighted by Crippen LogP contribution is 2.30. The Bertz CT molecular complexity index is 1190. The van der Waals surface area contributed by atoms with Crippen molar-refractivity contribution in [3.8, 4) is 11.3 Å². The van der Waals surface area contributed by atoms with E-state index in [-0.39, 0.29) is 5.91 Å². The molecule has 0 aliphatic heterocycles. The standard InChI is InChI=1S/C23H18ClN3O/c1-14-10-11-21(25-13-14)27-23(28)18-12-20(16-7-4-3-6-15(16)2)26-22-17(18)8-5-9-19(22)24/h3-13H,1-2H3,(H,25,27,28). The van der Waals surface area contributed by atoms with Gasteiger partial charge < -0.3 is 5.32 Å². The highest BCUT2D eigenvalue weighted by atomic mass is 35.5. The molecule has 2 heterocycles. The fourth-order valence-corrected chi connectivity index (χ4v) is 3.34. The van der Waals surface area contributed by atoms with Crippen LogP contribution in [0.5, 0.6) is 0 Å². The second kappa shape index (κ2) is 7.41. The molecule has 0 atom stereocenters. The number of aryl methyl sites for hydroxylation is 2. The van der Waals surface area contributed by atoms with Crippen molar-refractivity contribution in [1.82, 2.24) is 9.97 Å². The van der Waals surface area contributed by atoms with Gasteiger partial charge in [-0.25, -0.2) is 9.97 Å². The van der Waals surface area contributed by atoms with E-state index in [1.165, 1.54) is 0 Å². The monoisotopic (exact) mass is 387 g/mol. The molecule has 0 radical (unpaired) electrons. The number of carbonyl (C=O) groups excluding carboxylic acids is 1. The number of benzene rings is 2. The summed E-state index contributed by atoms with van der Waals surface area (Å²) in [6, 6.07) is 18.9. The molecule has 0 fully saturated rings. The van der Waals surface area contributed by atoms with Gasteiger partial charge in [-0.3, -0.25) is 4.79 Å². The third-order valence-electron chi connectivity index (χ3n) is 4.61. The molecule has 2 aromatic heterocycles. The smallest absolute Gasteiger partial charge is 0.257 e. The van der Waals surface area contributed by atoms with E-state index in [2.05, 4.69) is 10.3 Å². The SMILES string of the molecule is Cc1ccc(NC(=O)c2cc(-c3ccccc3C)nc3c(Cl)cccc23)nc1. The maximum atomic E-state index is 13.1. The summed E-state index contributed by atoms with van der Waals surface area (Å²) < 4.78 is 0. The van der Waals surface area contributed by atoms with Gasteiger partial charge >= 0.3 is 0 Å². The summed E-state index contributed by atoms with van der Waals surface area (Å²) in [7, 11) is 0. The second-order valence-corrected chi connectivity index (χ2v) is 7.09.